The fourth-order valence-electron chi connectivity index (χ4n) is 3.48. The number of alkyl halides is 3. The second-order valence-electron chi connectivity index (χ2n) is 7.82. The first-order chi connectivity index (χ1) is 16.8. The largest absolute Gasteiger partial charge is 0.494 e. The van der Waals surface area contributed by atoms with Gasteiger partial charge in [0.15, 0.2) is 5.54 Å². The van der Waals surface area contributed by atoms with E-state index in [2.05, 4.69) is 15.0 Å². The van der Waals surface area contributed by atoms with Gasteiger partial charge in [-0.15, -0.1) is 0 Å². The third-order valence-corrected chi connectivity index (χ3v) is 5.21. The van der Waals surface area contributed by atoms with Gasteiger partial charge in [0.05, 0.1) is 13.2 Å². The highest BCUT2D eigenvalue weighted by molar-refractivity contribution is 6.00. The van der Waals surface area contributed by atoms with Crippen molar-refractivity contribution in [3.05, 3.63) is 75.7 Å². The molecule has 1 amide bonds. The molecule has 1 aliphatic rings. The van der Waals surface area contributed by atoms with Crippen LogP contribution in [0.2, 0.25) is 0 Å². The third kappa shape index (κ3) is 7.11. The van der Waals surface area contributed by atoms with Gasteiger partial charge in [-0.05, 0) is 40.9 Å². The van der Waals surface area contributed by atoms with Crippen LogP contribution in [0.4, 0.5) is 13.2 Å². The van der Waals surface area contributed by atoms with Crippen molar-refractivity contribution in [2.45, 2.75) is 31.1 Å². The fourth-order valence-corrected chi connectivity index (χ4v) is 3.48. The first kappa shape index (κ1) is 25.9. The molecule has 0 saturated carbocycles. The van der Waals surface area contributed by atoms with E-state index < -0.39 is 24.2 Å². The Bertz CT molecular complexity index is 1100. The molecule has 2 N–H and O–H groups in total. The van der Waals surface area contributed by atoms with Crippen LogP contribution in [0.25, 0.3) is 10.4 Å². The van der Waals surface area contributed by atoms with Gasteiger partial charge in [0, 0.05) is 29.9 Å². The second kappa shape index (κ2) is 11.6. The van der Waals surface area contributed by atoms with Crippen LogP contribution < -0.4 is 10.1 Å². The van der Waals surface area contributed by atoms with E-state index >= 15 is 0 Å². The van der Waals surface area contributed by atoms with Gasteiger partial charge in [-0.3, -0.25) is 4.79 Å². The number of azide groups is 1. The molecule has 0 aliphatic carbocycles. The SMILES string of the molecule is [N-]=[N+]=NCc1ccccc1C[C@]1(C(=O)NCC(F)(F)F)COC(c2ccc(OCCCO)cc2)=N1. The standard InChI is InChI=1S/C23H24F3N5O4/c24-23(25,26)14-28-21(33)22(12-17-4-1-2-5-18(17)13-29-31-27)15-35-20(30-22)16-6-8-19(9-7-16)34-11-3-10-32/h1-2,4-9,32H,3,10-15H2,(H,28,33)/t22-/m1/s1. The van der Waals surface area contributed by atoms with Crippen molar-refractivity contribution < 1.29 is 32.5 Å². The Labute approximate surface area is 199 Å². The quantitative estimate of drug-likeness (QED) is 0.215. The fraction of sp³-hybridized carbons (Fsp3) is 0.391. The number of amides is 1. The highest BCUT2D eigenvalue weighted by Crippen LogP contribution is 2.29. The summed E-state index contributed by atoms with van der Waals surface area (Å²) in [4.78, 5) is 20.2. The average Bonchev–Trinajstić information content (AvgIpc) is 3.27. The number of nitrogens with zero attached hydrogens (tertiary/aromatic N) is 4. The first-order valence-electron chi connectivity index (χ1n) is 10.8. The molecule has 9 nitrogen and oxygen atoms in total. The summed E-state index contributed by atoms with van der Waals surface area (Å²) >= 11 is 0. The number of hydrogen-bond donors (Lipinski definition) is 2. The molecule has 1 heterocycles. The zero-order valence-electron chi connectivity index (χ0n) is 18.7. The predicted octanol–water partition coefficient (Wildman–Crippen LogP) is 3.69. The van der Waals surface area contributed by atoms with Crippen molar-refractivity contribution in [2.24, 2.45) is 10.1 Å². The molecule has 12 heteroatoms. The highest BCUT2D eigenvalue weighted by atomic mass is 19.4. The molecule has 0 radical (unpaired) electrons. The maximum absolute atomic E-state index is 13.0. The molecule has 0 saturated heterocycles. The summed E-state index contributed by atoms with van der Waals surface area (Å²) in [6, 6.07) is 13.5. The first-order valence-corrected chi connectivity index (χ1v) is 10.8. The number of aliphatic imine (C=N–C) groups is 1. The Morgan fingerprint density at radius 3 is 2.60 bits per heavy atom. The lowest BCUT2D eigenvalue weighted by atomic mass is 9.89. The van der Waals surface area contributed by atoms with Crippen LogP contribution >= 0.6 is 0 Å². The summed E-state index contributed by atoms with van der Waals surface area (Å²) in [5, 5.41) is 14.3. The molecular weight excluding hydrogens is 467 g/mol. The van der Waals surface area contributed by atoms with E-state index in [1.807, 2.05) is 5.32 Å². The minimum Gasteiger partial charge on any atom is -0.494 e. The van der Waals surface area contributed by atoms with E-state index in [0.717, 1.165) is 0 Å². The number of rotatable bonds is 11. The number of aliphatic hydroxyl groups excluding tert-OH is 1. The Kier molecular flexibility index (Phi) is 8.56. The number of carbonyl (C=O) groups is 1. The minimum atomic E-state index is -4.59. The highest BCUT2D eigenvalue weighted by Gasteiger charge is 2.46. The molecule has 0 spiro atoms. The molecular formula is C23H24F3N5O4. The van der Waals surface area contributed by atoms with Crippen LogP contribution in [0.5, 0.6) is 5.75 Å². The van der Waals surface area contributed by atoms with Gasteiger partial charge in [0.2, 0.25) is 5.90 Å². The Morgan fingerprint density at radius 2 is 1.94 bits per heavy atom. The van der Waals surface area contributed by atoms with Crippen LogP contribution in [0.3, 0.4) is 0 Å². The summed E-state index contributed by atoms with van der Waals surface area (Å²) in [5.41, 5.74) is 8.75. The van der Waals surface area contributed by atoms with Gasteiger partial charge in [-0.1, -0.05) is 29.4 Å². The zero-order chi connectivity index (χ0) is 25.3. The molecule has 0 fully saturated rings. The van der Waals surface area contributed by atoms with Crippen LogP contribution in [0.1, 0.15) is 23.1 Å². The van der Waals surface area contributed by atoms with E-state index in [1.54, 1.807) is 48.5 Å². The Morgan fingerprint density at radius 1 is 1.23 bits per heavy atom. The van der Waals surface area contributed by atoms with E-state index in [-0.39, 0.29) is 32.1 Å². The lowest BCUT2D eigenvalue weighted by Gasteiger charge is -2.24. The molecule has 3 rings (SSSR count). The number of carbonyl (C=O) groups excluding carboxylic acids is 1. The van der Waals surface area contributed by atoms with Crippen molar-refractivity contribution in [2.75, 3.05) is 26.4 Å². The van der Waals surface area contributed by atoms with Crippen LogP contribution in [0.15, 0.2) is 58.6 Å². The lowest BCUT2D eigenvalue weighted by molar-refractivity contribution is -0.141. The molecule has 1 aliphatic heterocycles. The van der Waals surface area contributed by atoms with E-state index in [4.69, 9.17) is 20.1 Å². The normalized spacial score (nSPS) is 17.2. The van der Waals surface area contributed by atoms with Crippen molar-refractivity contribution >= 4 is 11.8 Å². The number of benzene rings is 2. The summed E-state index contributed by atoms with van der Waals surface area (Å²) < 4.78 is 49.6. The third-order valence-electron chi connectivity index (χ3n) is 5.21. The van der Waals surface area contributed by atoms with Crippen molar-refractivity contribution in [1.82, 2.24) is 5.32 Å². The van der Waals surface area contributed by atoms with E-state index in [0.29, 0.717) is 35.5 Å². The molecule has 2 aromatic carbocycles. The Balaban J connectivity index is 1.90. The summed E-state index contributed by atoms with van der Waals surface area (Å²) in [6.07, 6.45) is -4.16. The molecule has 0 unspecified atom stereocenters. The average molecular weight is 491 g/mol. The zero-order valence-corrected chi connectivity index (χ0v) is 18.7. The van der Waals surface area contributed by atoms with Gasteiger partial charge in [0.1, 0.15) is 18.9 Å². The van der Waals surface area contributed by atoms with Gasteiger partial charge in [-0.25, -0.2) is 4.99 Å². The van der Waals surface area contributed by atoms with E-state index in [1.165, 1.54) is 0 Å². The number of aliphatic hydroxyl groups is 1. The lowest BCUT2D eigenvalue weighted by Crippen LogP contribution is -2.50. The van der Waals surface area contributed by atoms with Crippen molar-refractivity contribution in [1.29, 1.82) is 0 Å². The number of nitrogens with one attached hydrogen (secondary N) is 1. The van der Waals surface area contributed by atoms with Gasteiger partial charge < -0.3 is 19.9 Å². The number of hydrogen-bond acceptors (Lipinski definition) is 6. The predicted molar refractivity (Wildman–Crippen MR) is 121 cm³/mol. The summed E-state index contributed by atoms with van der Waals surface area (Å²) in [5.74, 6) is -0.254. The van der Waals surface area contributed by atoms with Gasteiger partial charge in [-0.2, -0.15) is 13.2 Å². The molecule has 0 aromatic heterocycles. The molecule has 186 valence electrons. The molecule has 35 heavy (non-hydrogen) atoms. The van der Waals surface area contributed by atoms with Crippen LogP contribution in [0, 0.1) is 0 Å². The number of halogens is 3. The molecule has 0 bridgehead atoms. The van der Waals surface area contributed by atoms with Crippen LogP contribution in [-0.4, -0.2) is 55.0 Å². The minimum absolute atomic E-state index is 0.00715. The number of ether oxygens (including phenoxy) is 2. The summed E-state index contributed by atoms with van der Waals surface area (Å²) in [6.45, 7) is -1.41. The molecule has 1 atom stereocenters. The topological polar surface area (TPSA) is 129 Å². The monoisotopic (exact) mass is 491 g/mol. The maximum atomic E-state index is 13.0. The van der Waals surface area contributed by atoms with E-state index in [9.17, 15) is 18.0 Å². The van der Waals surface area contributed by atoms with Gasteiger partial charge in [0.25, 0.3) is 5.91 Å². The van der Waals surface area contributed by atoms with Crippen molar-refractivity contribution in [3.63, 3.8) is 0 Å². The smallest absolute Gasteiger partial charge is 0.405 e. The maximum Gasteiger partial charge on any atom is 0.405 e. The van der Waals surface area contributed by atoms with Crippen LogP contribution in [-0.2, 0) is 22.5 Å². The Hall–Kier alpha value is -3.76. The van der Waals surface area contributed by atoms with Gasteiger partial charge >= 0.3 is 6.18 Å². The second-order valence-corrected chi connectivity index (χ2v) is 7.82. The van der Waals surface area contributed by atoms with Crippen molar-refractivity contribution in [3.8, 4) is 5.75 Å². The summed E-state index contributed by atoms with van der Waals surface area (Å²) in [7, 11) is 0. The molecule has 2 aromatic rings.